The third-order valence-electron chi connectivity index (χ3n) is 1.05. The summed E-state index contributed by atoms with van der Waals surface area (Å²) >= 11 is 0. The van der Waals surface area contributed by atoms with Crippen molar-refractivity contribution in [1.82, 2.24) is 0 Å². The Bertz CT molecular complexity index is 248. The normalized spacial score (nSPS) is 29.0. The molecule has 1 aliphatic rings. The van der Waals surface area contributed by atoms with E-state index in [2.05, 4.69) is 0 Å². The van der Waals surface area contributed by atoms with Crippen LogP contribution in [0.15, 0.2) is 11.2 Å². The predicted octanol–water partition coefficient (Wildman–Crippen LogP) is 0.131. The highest BCUT2D eigenvalue weighted by Gasteiger charge is 2.27. The van der Waals surface area contributed by atoms with Crippen molar-refractivity contribution >= 4 is 26.8 Å². The maximum atomic E-state index is 12.1. The molecule has 0 spiro atoms. The average Bonchev–Trinajstić information content (AvgIpc) is 1.79. The van der Waals surface area contributed by atoms with Crippen LogP contribution < -0.4 is 5.73 Å². The molecule has 10 heavy (non-hydrogen) atoms. The van der Waals surface area contributed by atoms with E-state index in [1.54, 1.807) is 0 Å². The summed E-state index contributed by atoms with van der Waals surface area (Å²) in [6, 6.07) is -0.657. The first-order chi connectivity index (χ1) is 4.02. The molecule has 1 aliphatic heterocycles. The lowest BCUT2D eigenvalue weighted by molar-refractivity contribution is 0.582. The Balaban J connectivity index is 0.000000810. The first-order valence-corrected chi connectivity index (χ1v) is 4.03. The summed E-state index contributed by atoms with van der Waals surface area (Å²) in [6.07, 6.45) is 0.912. The lowest BCUT2D eigenvalue weighted by atomic mass is 10.4. The Hall–Kier alpha value is 0.0600. The van der Waals surface area contributed by atoms with Crippen molar-refractivity contribution in [1.29, 1.82) is 0 Å². The van der Waals surface area contributed by atoms with Gasteiger partial charge < -0.3 is 5.73 Å². The van der Waals surface area contributed by atoms with Gasteiger partial charge in [0.1, 0.15) is 0 Å². The van der Waals surface area contributed by atoms with Crippen LogP contribution in [-0.2, 0) is 9.84 Å². The molecule has 0 fully saturated rings. The summed E-state index contributed by atoms with van der Waals surface area (Å²) in [4.78, 5) is 0. The molecule has 0 saturated heterocycles. The molecule has 0 saturated carbocycles. The van der Waals surface area contributed by atoms with Crippen LogP contribution in [0.25, 0.3) is 0 Å². The molecule has 0 aliphatic carbocycles. The predicted molar refractivity (Wildman–Crippen MR) is 41.3 cm³/mol. The van der Waals surface area contributed by atoms with E-state index in [-0.39, 0.29) is 22.7 Å². The monoisotopic (exact) mass is 231 g/mol. The third-order valence-corrected chi connectivity index (χ3v) is 2.61. The van der Waals surface area contributed by atoms with Gasteiger partial charge in [-0.05, 0) is 6.08 Å². The minimum Gasteiger partial charge on any atom is -0.323 e. The van der Waals surface area contributed by atoms with Crippen LogP contribution >= 0.6 is 17.0 Å². The molecule has 0 aromatic carbocycles. The fourth-order valence-electron chi connectivity index (χ4n) is 0.653. The van der Waals surface area contributed by atoms with Gasteiger partial charge in [-0.25, -0.2) is 8.42 Å². The van der Waals surface area contributed by atoms with Crippen molar-refractivity contribution in [3.63, 3.8) is 0 Å². The lowest BCUT2D eigenvalue weighted by Gasteiger charge is -1.91. The van der Waals surface area contributed by atoms with Crippen LogP contribution in [0.2, 0.25) is 0 Å². The molecule has 0 radical (unpaired) electrons. The zero-order valence-corrected chi connectivity index (χ0v) is 7.48. The quantitative estimate of drug-likeness (QED) is 0.645. The molecule has 3 nitrogen and oxygen atoms in total. The average molecular weight is 232 g/mol. The largest absolute Gasteiger partial charge is 0.323 e. The van der Waals surface area contributed by atoms with E-state index in [0.717, 1.165) is 6.08 Å². The highest BCUT2D eigenvalue weighted by atomic mass is 79.9. The number of halogens is 2. The summed E-state index contributed by atoms with van der Waals surface area (Å²) in [5.41, 5.74) is 5.11. The molecular weight excluding hydrogens is 225 g/mol. The van der Waals surface area contributed by atoms with E-state index < -0.39 is 21.0 Å². The number of hydrogen-bond acceptors (Lipinski definition) is 3. The Morgan fingerprint density at radius 1 is 1.70 bits per heavy atom. The number of rotatable bonds is 0. The van der Waals surface area contributed by atoms with Crippen LogP contribution in [0.1, 0.15) is 0 Å². The minimum atomic E-state index is -3.60. The first-order valence-electron chi connectivity index (χ1n) is 2.38. The molecule has 0 aromatic rings. The molecular formula is C4H7BrFNO2S. The number of sulfone groups is 1. The van der Waals surface area contributed by atoms with E-state index in [4.69, 9.17) is 5.73 Å². The SMILES string of the molecule is Br.N[C@@H]1C=C(F)S(=O)(=O)C1. The molecule has 60 valence electrons. The fourth-order valence-corrected chi connectivity index (χ4v) is 1.80. The fraction of sp³-hybridized carbons (Fsp3) is 0.500. The van der Waals surface area contributed by atoms with E-state index in [9.17, 15) is 12.8 Å². The molecule has 6 heteroatoms. The second kappa shape index (κ2) is 2.98. The highest BCUT2D eigenvalue weighted by Crippen LogP contribution is 2.17. The Labute approximate surface area is 68.8 Å². The van der Waals surface area contributed by atoms with Gasteiger partial charge in [0.05, 0.1) is 5.75 Å². The van der Waals surface area contributed by atoms with Gasteiger partial charge in [0.15, 0.2) is 0 Å². The zero-order chi connectivity index (χ0) is 7.07. The van der Waals surface area contributed by atoms with Gasteiger partial charge in [-0.3, -0.25) is 0 Å². The maximum absolute atomic E-state index is 12.1. The number of nitrogens with two attached hydrogens (primary N) is 1. The third kappa shape index (κ3) is 1.77. The summed E-state index contributed by atoms with van der Waals surface area (Å²) < 4.78 is 33.0. The Morgan fingerprint density at radius 2 is 2.20 bits per heavy atom. The topological polar surface area (TPSA) is 60.2 Å². The zero-order valence-electron chi connectivity index (χ0n) is 4.95. The van der Waals surface area contributed by atoms with Gasteiger partial charge in [0.25, 0.3) is 0 Å². The molecule has 0 unspecified atom stereocenters. The van der Waals surface area contributed by atoms with Crippen molar-refractivity contribution in [2.45, 2.75) is 6.04 Å². The van der Waals surface area contributed by atoms with Crippen molar-refractivity contribution in [2.75, 3.05) is 5.75 Å². The summed E-state index contributed by atoms with van der Waals surface area (Å²) in [6.45, 7) is 0. The van der Waals surface area contributed by atoms with Gasteiger partial charge in [-0.1, -0.05) is 0 Å². The Kier molecular flexibility index (Phi) is 3.00. The van der Waals surface area contributed by atoms with Gasteiger partial charge in [-0.15, -0.1) is 17.0 Å². The molecule has 1 heterocycles. The standard InChI is InChI=1S/C4H6FNO2S.BrH/c5-4-1-3(6)2-9(4,7)8;/h1,3H,2,6H2;1H/t3-;/m1./s1. The van der Waals surface area contributed by atoms with Gasteiger partial charge in [-0.2, -0.15) is 4.39 Å². The summed E-state index contributed by atoms with van der Waals surface area (Å²) in [7, 11) is -3.60. The maximum Gasteiger partial charge on any atom is 0.212 e. The van der Waals surface area contributed by atoms with E-state index in [1.165, 1.54) is 0 Å². The van der Waals surface area contributed by atoms with Crippen molar-refractivity contribution in [3.05, 3.63) is 11.2 Å². The number of hydrogen-bond donors (Lipinski definition) is 1. The Morgan fingerprint density at radius 3 is 2.30 bits per heavy atom. The van der Waals surface area contributed by atoms with Crippen LogP contribution in [0.5, 0.6) is 0 Å². The first kappa shape index (κ1) is 10.1. The molecule has 0 aromatic heterocycles. The van der Waals surface area contributed by atoms with Gasteiger partial charge in [0, 0.05) is 6.04 Å². The van der Waals surface area contributed by atoms with Crippen LogP contribution in [0.3, 0.4) is 0 Å². The van der Waals surface area contributed by atoms with E-state index >= 15 is 0 Å². The van der Waals surface area contributed by atoms with Crippen LogP contribution in [-0.4, -0.2) is 20.2 Å². The second-order valence-corrected chi connectivity index (χ2v) is 3.87. The molecule has 0 bridgehead atoms. The van der Waals surface area contributed by atoms with Gasteiger partial charge in [0.2, 0.25) is 15.0 Å². The summed E-state index contributed by atoms with van der Waals surface area (Å²) in [5, 5.41) is -1.09. The summed E-state index contributed by atoms with van der Waals surface area (Å²) in [5.74, 6) is -0.293. The minimum absolute atomic E-state index is 0. The molecule has 0 amide bonds. The molecule has 1 atom stereocenters. The van der Waals surface area contributed by atoms with Crippen molar-refractivity contribution in [2.24, 2.45) is 5.73 Å². The molecule has 2 N–H and O–H groups in total. The van der Waals surface area contributed by atoms with E-state index in [1.807, 2.05) is 0 Å². The molecule has 1 rings (SSSR count). The van der Waals surface area contributed by atoms with Crippen LogP contribution in [0, 0.1) is 0 Å². The van der Waals surface area contributed by atoms with Crippen molar-refractivity contribution in [3.8, 4) is 0 Å². The van der Waals surface area contributed by atoms with Crippen molar-refractivity contribution < 1.29 is 12.8 Å². The smallest absolute Gasteiger partial charge is 0.212 e. The second-order valence-electron chi connectivity index (χ2n) is 1.92. The van der Waals surface area contributed by atoms with Crippen LogP contribution in [0.4, 0.5) is 4.39 Å². The van der Waals surface area contributed by atoms with Gasteiger partial charge >= 0.3 is 0 Å². The van der Waals surface area contributed by atoms with E-state index in [0.29, 0.717) is 0 Å². The highest BCUT2D eigenvalue weighted by molar-refractivity contribution is 8.93. The lowest BCUT2D eigenvalue weighted by Crippen LogP contribution is -2.20.